The molecule has 2 heterocycles. The van der Waals surface area contributed by atoms with Crippen LogP contribution in [0.4, 0.5) is 4.39 Å². The fourth-order valence-corrected chi connectivity index (χ4v) is 3.97. The van der Waals surface area contributed by atoms with Crippen LogP contribution in [0.25, 0.3) is 11.2 Å². The molecule has 1 atom stereocenters. The number of methoxy groups -OCH3 is 1. The van der Waals surface area contributed by atoms with Crippen molar-refractivity contribution in [2.45, 2.75) is 13.0 Å². The number of nitrogens with one attached hydrogen (secondary N) is 1. The second kappa shape index (κ2) is 7.63. The Hall–Kier alpha value is -2.88. The van der Waals surface area contributed by atoms with E-state index in [0.29, 0.717) is 23.7 Å². The van der Waals surface area contributed by atoms with Gasteiger partial charge in [-0.2, -0.15) is 0 Å². The van der Waals surface area contributed by atoms with E-state index < -0.39 is 27.4 Å². The minimum Gasteiger partial charge on any atom is -0.493 e. The molecule has 1 N–H and O–H groups in total. The lowest BCUT2D eigenvalue weighted by Crippen LogP contribution is -2.28. The summed E-state index contributed by atoms with van der Waals surface area (Å²) < 4.78 is 49.7. The van der Waals surface area contributed by atoms with Gasteiger partial charge in [-0.1, -0.05) is 6.07 Å². The number of imidazole rings is 1. The Morgan fingerprint density at radius 3 is 2.68 bits per heavy atom. The van der Waals surface area contributed by atoms with Crippen molar-refractivity contribution in [1.82, 2.24) is 14.5 Å². The van der Waals surface area contributed by atoms with E-state index in [1.54, 1.807) is 18.2 Å². The van der Waals surface area contributed by atoms with E-state index in [1.165, 1.54) is 11.7 Å². The maximum atomic E-state index is 13.5. The van der Waals surface area contributed by atoms with Crippen molar-refractivity contribution >= 4 is 21.0 Å². The highest BCUT2D eigenvalue weighted by atomic mass is 32.2. The molecule has 3 rings (SSSR count). The van der Waals surface area contributed by atoms with Crippen LogP contribution in [0.2, 0.25) is 0 Å². The first-order valence-corrected chi connectivity index (χ1v) is 10.5. The number of H-pyrrole nitrogens is 1. The quantitative estimate of drug-likeness (QED) is 0.639. The normalized spacial score (nSPS) is 12.9. The predicted octanol–water partition coefficient (Wildman–Crippen LogP) is 1.91. The number of benzene rings is 1. The topological polar surface area (TPSA) is 103 Å². The maximum Gasteiger partial charge on any atom is 0.328 e. The Bertz CT molecular complexity index is 1170. The second-order valence-electron chi connectivity index (χ2n) is 6.28. The number of nitrogens with zero attached hydrogens (tertiary/aromatic N) is 2. The average Bonchev–Trinajstić information content (AvgIpc) is 2.94. The average molecular weight is 409 g/mol. The Morgan fingerprint density at radius 2 is 2.04 bits per heavy atom. The van der Waals surface area contributed by atoms with Gasteiger partial charge in [0.2, 0.25) is 0 Å². The van der Waals surface area contributed by atoms with Crippen LogP contribution in [0.5, 0.6) is 11.5 Å². The number of pyridine rings is 1. The number of rotatable bonds is 7. The van der Waals surface area contributed by atoms with Crippen molar-refractivity contribution in [2.24, 2.45) is 0 Å². The molecule has 0 amide bonds. The molecule has 28 heavy (non-hydrogen) atoms. The van der Waals surface area contributed by atoms with E-state index in [2.05, 4.69) is 9.97 Å². The molecule has 1 aromatic carbocycles. The van der Waals surface area contributed by atoms with Crippen LogP contribution in [0.3, 0.4) is 0 Å². The van der Waals surface area contributed by atoms with Crippen LogP contribution >= 0.6 is 0 Å². The lowest BCUT2D eigenvalue weighted by molar-refractivity contribution is 0.310. The van der Waals surface area contributed by atoms with Gasteiger partial charge in [0.25, 0.3) is 0 Å². The molecule has 2 aromatic heterocycles. The molecular formula is C18H20FN3O5S. The first kappa shape index (κ1) is 19.9. The molecule has 0 spiro atoms. The van der Waals surface area contributed by atoms with E-state index in [1.807, 2.05) is 6.92 Å². The van der Waals surface area contributed by atoms with Gasteiger partial charge in [0, 0.05) is 12.3 Å². The largest absolute Gasteiger partial charge is 0.493 e. The number of aromatic nitrogens is 3. The number of hydrogen-bond donors (Lipinski definition) is 1. The smallest absolute Gasteiger partial charge is 0.328 e. The maximum absolute atomic E-state index is 13.5. The predicted molar refractivity (Wildman–Crippen MR) is 102 cm³/mol. The molecule has 0 aliphatic carbocycles. The summed E-state index contributed by atoms with van der Waals surface area (Å²) in [4.78, 5) is 19.1. The number of hydrogen-bond acceptors (Lipinski definition) is 6. The lowest BCUT2D eigenvalue weighted by Gasteiger charge is -2.20. The van der Waals surface area contributed by atoms with E-state index >= 15 is 0 Å². The number of ether oxygens (including phenoxy) is 2. The van der Waals surface area contributed by atoms with Gasteiger partial charge in [-0.3, -0.25) is 4.57 Å². The third-order valence-corrected chi connectivity index (χ3v) is 5.09. The molecular weight excluding hydrogens is 389 g/mol. The zero-order chi connectivity index (χ0) is 20.5. The highest BCUT2D eigenvalue weighted by Gasteiger charge is 2.25. The van der Waals surface area contributed by atoms with Gasteiger partial charge in [0.15, 0.2) is 17.1 Å². The molecule has 0 aliphatic rings. The SMILES string of the molecule is CCOc1cc([C@@H](CS(C)(=O)=O)n2c(=O)[nH]c3cc(F)cnc32)ccc1OC. The van der Waals surface area contributed by atoms with Crippen molar-refractivity contribution in [3.8, 4) is 11.5 Å². The summed E-state index contributed by atoms with van der Waals surface area (Å²) >= 11 is 0. The van der Waals surface area contributed by atoms with Crippen molar-refractivity contribution in [2.75, 3.05) is 25.7 Å². The van der Waals surface area contributed by atoms with Crippen LogP contribution < -0.4 is 15.2 Å². The summed E-state index contributed by atoms with van der Waals surface area (Å²) in [7, 11) is -1.99. The number of fused-ring (bicyclic) bond motifs is 1. The second-order valence-corrected chi connectivity index (χ2v) is 8.46. The highest BCUT2D eigenvalue weighted by Crippen LogP contribution is 2.32. The molecule has 0 aliphatic heterocycles. The molecule has 3 aromatic rings. The molecule has 8 nitrogen and oxygen atoms in total. The van der Waals surface area contributed by atoms with Crippen LogP contribution in [0.1, 0.15) is 18.5 Å². The minimum atomic E-state index is -3.48. The summed E-state index contributed by atoms with van der Waals surface area (Å²) in [5.74, 6) is -0.0525. The highest BCUT2D eigenvalue weighted by molar-refractivity contribution is 7.90. The van der Waals surface area contributed by atoms with Gasteiger partial charge in [-0.15, -0.1) is 0 Å². The van der Waals surface area contributed by atoms with Crippen molar-refractivity contribution < 1.29 is 22.3 Å². The van der Waals surface area contributed by atoms with Crippen LogP contribution in [-0.4, -0.2) is 48.7 Å². The van der Waals surface area contributed by atoms with Gasteiger partial charge in [-0.25, -0.2) is 22.6 Å². The van der Waals surface area contributed by atoms with E-state index in [4.69, 9.17) is 9.47 Å². The van der Waals surface area contributed by atoms with E-state index in [9.17, 15) is 17.6 Å². The van der Waals surface area contributed by atoms with Crippen molar-refractivity contribution in [1.29, 1.82) is 0 Å². The van der Waals surface area contributed by atoms with E-state index in [0.717, 1.165) is 18.5 Å². The van der Waals surface area contributed by atoms with E-state index in [-0.39, 0.29) is 16.9 Å². The molecule has 0 radical (unpaired) electrons. The van der Waals surface area contributed by atoms with Crippen molar-refractivity contribution in [3.63, 3.8) is 0 Å². The number of sulfone groups is 1. The third kappa shape index (κ3) is 4.01. The standard InChI is InChI=1S/C18H20FN3O5S/c1-4-27-16-7-11(5-6-15(16)26-2)14(10-28(3,24)25)22-17-13(21-18(22)23)8-12(19)9-20-17/h5-9,14H,4,10H2,1-3H3,(H,21,23)/t14-/m1/s1. The Morgan fingerprint density at radius 1 is 1.29 bits per heavy atom. The molecule has 0 saturated heterocycles. The third-order valence-electron chi connectivity index (χ3n) is 4.17. The molecule has 10 heteroatoms. The van der Waals surface area contributed by atoms with Gasteiger partial charge in [0.05, 0.1) is 37.2 Å². The number of halogens is 1. The summed E-state index contributed by atoms with van der Waals surface area (Å²) in [6, 6.07) is 5.18. The van der Waals surface area contributed by atoms with Gasteiger partial charge in [0.1, 0.15) is 15.7 Å². The van der Waals surface area contributed by atoms with Gasteiger partial charge < -0.3 is 14.5 Å². The van der Waals surface area contributed by atoms with Gasteiger partial charge in [-0.05, 0) is 24.6 Å². The Labute approximate surface area is 160 Å². The first-order chi connectivity index (χ1) is 13.2. The Balaban J connectivity index is 2.23. The number of aromatic amines is 1. The van der Waals surface area contributed by atoms with Crippen LogP contribution in [-0.2, 0) is 9.84 Å². The monoisotopic (exact) mass is 409 g/mol. The molecule has 0 bridgehead atoms. The summed E-state index contributed by atoms with van der Waals surface area (Å²) in [6.07, 6.45) is 2.06. The molecule has 150 valence electrons. The summed E-state index contributed by atoms with van der Waals surface area (Å²) in [5.41, 5.74) is 0.273. The van der Waals surface area contributed by atoms with Crippen molar-refractivity contribution in [3.05, 3.63) is 52.3 Å². The summed E-state index contributed by atoms with van der Waals surface area (Å²) in [5, 5.41) is 0. The fraction of sp³-hybridized carbons (Fsp3) is 0.333. The lowest BCUT2D eigenvalue weighted by atomic mass is 10.1. The summed E-state index contributed by atoms with van der Waals surface area (Å²) in [6.45, 7) is 2.19. The Kier molecular flexibility index (Phi) is 5.41. The zero-order valence-electron chi connectivity index (χ0n) is 15.6. The molecule has 0 saturated carbocycles. The first-order valence-electron chi connectivity index (χ1n) is 8.47. The molecule has 0 fully saturated rings. The fourth-order valence-electron chi connectivity index (χ4n) is 3.05. The minimum absolute atomic E-state index is 0.161. The van der Waals surface area contributed by atoms with Crippen LogP contribution in [0.15, 0.2) is 35.3 Å². The van der Waals surface area contributed by atoms with Crippen LogP contribution in [0, 0.1) is 5.82 Å². The molecule has 0 unspecified atom stereocenters. The van der Waals surface area contributed by atoms with Gasteiger partial charge >= 0.3 is 5.69 Å². The zero-order valence-corrected chi connectivity index (χ0v) is 16.4.